The van der Waals surface area contributed by atoms with E-state index < -0.39 is 0 Å². The van der Waals surface area contributed by atoms with Crippen LogP contribution in [0.1, 0.15) is 34.0 Å². The highest BCUT2D eigenvalue weighted by Crippen LogP contribution is 2.31. The van der Waals surface area contributed by atoms with Crippen LogP contribution < -0.4 is 15.5 Å². The van der Waals surface area contributed by atoms with Gasteiger partial charge in [0, 0.05) is 35.4 Å². The molecule has 3 heterocycles. The molecule has 2 fully saturated rings. The Morgan fingerprint density at radius 1 is 1.19 bits per heavy atom. The van der Waals surface area contributed by atoms with Crippen LogP contribution in [0.15, 0.2) is 30.5 Å². The summed E-state index contributed by atoms with van der Waals surface area (Å²) in [5.41, 5.74) is 1.79. The number of aromatic nitrogens is 1. The SMILES string of the molecule is O=C(Nc1ncc(C2CCNCC2)s1)c1ccc(N2CCOCC2)cc1. The van der Waals surface area contributed by atoms with Crippen LogP contribution in [0.5, 0.6) is 0 Å². The molecule has 2 aliphatic rings. The van der Waals surface area contributed by atoms with Gasteiger partial charge in [0.2, 0.25) is 0 Å². The maximum absolute atomic E-state index is 12.5. The average molecular weight is 372 g/mol. The van der Waals surface area contributed by atoms with Gasteiger partial charge in [0.1, 0.15) is 0 Å². The molecule has 0 spiro atoms. The van der Waals surface area contributed by atoms with E-state index in [9.17, 15) is 4.79 Å². The summed E-state index contributed by atoms with van der Waals surface area (Å²) in [7, 11) is 0. The van der Waals surface area contributed by atoms with Gasteiger partial charge in [0.15, 0.2) is 5.13 Å². The molecule has 0 saturated carbocycles. The number of amides is 1. The zero-order chi connectivity index (χ0) is 17.8. The summed E-state index contributed by atoms with van der Waals surface area (Å²) in [4.78, 5) is 20.4. The first kappa shape index (κ1) is 17.5. The van der Waals surface area contributed by atoms with Crippen molar-refractivity contribution in [1.29, 1.82) is 0 Å². The van der Waals surface area contributed by atoms with Crippen LogP contribution in [0.2, 0.25) is 0 Å². The Kier molecular flexibility index (Phi) is 5.48. The Morgan fingerprint density at radius 3 is 2.65 bits per heavy atom. The predicted molar refractivity (Wildman–Crippen MR) is 104 cm³/mol. The number of carbonyl (C=O) groups excluding carboxylic acids is 1. The number of piperidine rings is 1. The minimum absolute atomic E-state index is 0.107. The van der Waals surface area contributed by atoms with Crippen LogP contribution >= 0.6 is 11.3 Å². The lowest BCUT2D eigenvalue weighted by molar-refractivity contribution is 0.102. The highest BCUT2D eigenvalue weighted by Gasteiger charge is 2.19. The number of benzene rings is 1. The van der Waals surface area contributed by atoms with Gasteiger partial charge in [-0.15, -0.1) is 11.3 Å². The van der Waals surface area contributed by atoms with Crippen LogP contribution in [-0.2, 0) is 4.74 Å². The maximum atomic E-state index is 12.5. The molecule has 2 N–H and O–H groups in total. The summed E-state index contributed by atoms with van der Waals surface area (Å²) in [5.74, 6) is 0.456. The molecule has 1 aromatic carbocycles. The Labute approximate surface area is 157 Å². The van der Waals surface area contributed by atoms with Crippen LogP contribution in [0.25, 0.3) is 0 Å². The highest BCUT2D eigenvalue weighted by molar-refractivity contribution is 7.15. The third kappa shape index (κ3) is 4.06. The van der Waals surface area contributed by atoms with Gasteiger partial charge in [-0.25, -0.2) is 4.98 Å². The van der Waals surface area contributed by atoms with E-state index in [0.717, 1.165) is 57.9 Å². The molecule has 26 heavy (non-hydrogen) atoms. The Hall–Kier alpha value is -1.96. The van der Waals surface area contributed by atoms with E-state index in [1.807, 2.05) is 30.5 Å². The topological polar surface area (TPSA) is 66.5 Å². The summed E-state index contributed by atoms with van der Waals surface area (Å²) >= 11 is 1.60. The Balaban J connectivity index is 1.37. The fourth-order valence-corrected chi connectivity index (χ4v) is 4.43. The minimum atomic E-state index is -0.107. The lowest BCUT2D eigenvalue weighted by Gasteiger charge is -2.28. The van der Waals surface area contributed by atoms with Gasteiger partial charge < -0.3 is 15.0 Å². The largest absolute Gasteiger partial charge is 0.378 e. The maximum Gasteiger partial charge on any atom is 0.257 e. The molecule has 1 aromatic heterocycles. The number of anilines is 2. The van der Waals surface area contributed by atoms with Crippen molar-refractivity contribution in [2.45, 2.75) is 18.8 Å². The number of hydrogen-bond acceptors (Lipinski definition) is 6. The van der Waals surface area contributed by atoms with Crippen LogP contribution in [0, 0.1) is 0 Å². The molecule has 2 aromatic rings. The number of nitrogens with zero attached hydrogens (tertiary/aromatic N) is 2. The zero-order valence-corrected chi connectivity index (χ0v) is 15.6. The van der Waals surface area contributed by atoms with Gasteiger partial charge in [0.05, 0.1) is 13.2 Å². The molecule has 138 valence electrons. The third-order valence-corrected chi connectivity index (χ3v) is 6.07. The van der Waals surface area contributed by atoms with Gasteiger partial charge in [-0.1, -0.05) is 0 Å². The summed E-state index contributed by atoms with van der Waals surface area (Å²) in [6.07, 6.45) is 4.19. The highest BCUT2D eigenvalue weighted by atomic mass is 32.1. The number of nitrogens with one attached hydrogen (secondary N) is 2. The van der Waals surface area contributed by atoms with Crippen molar-refractivity contribution < 1.29 is 9.53 Å². The lowest BCUT2D eigenvalue weighted by Crippen LogP contribution is -2.36. The molecular formula is C19H24N4O2S. The quantitative estimate of drug-likeness (QED) is 0.864. The summed E-state index contributed by atoms with van der Waals surface area (Å²) in [6, 6.07) is 7.76. The smallest absolute Gasteiger partial charge is 0.257 e. The molecule has 4 rings (SSSR count). The molecule has 2 aliphatic heterocycles. The second-order valence-electron chi connectivity index (χ2n) is 6.69. The monoisotopic (exact) mass is 372 g/mol. The van der Waals surface area contributed by atoms with E-state index in [1.165, 1.54) is 4.88 Å². The first-order valence-corrected chi connectivity index (χ1v) is 10.0. The van der Waals surface area contributed by atoms with Crippen molar-refractivity contribution in [2.75, 3.05) is 49.6 Å². The van der Waals surface area contributed by atoms with E-state index in [1.54, 1.807) is 11.3 Å². The standard InChI is InChI=1S/C19H24N4O2S/c24-18(15-1-3-16(4-2-15)23-9-11-25-12-10-23)22-19-21-13-17(26-19)14-5-7-20-8-6-14/h1-4,13-14,20H,5-12H2,(H,21,22,24). The molecule has 0 radical (unpaired) electrons. The first-order chi connectivity index (χ1) is 12.8. The van der Waals surface area contributed by atoms with Crippen molar-refractivity contribution in [1.82, 2.24) is 10.3 Å². The fourth-order valence-electron chi connectivity index (χ4n) is 3.45. The van der Waals surface area contributed by atoms with Gasteiger partial charge in [0.25, 0.3) is 5.91 Å². The fraction of sp³-hybridized carbons (Fsp3) is 0.474. The number of carbonyl (C=O) groups is 1. The summed E-state index contributed by atoms with van der Waals surface area (Å²) < 4.78 is 5.38. The van der Waals surface area contributed by atoms with E-state index >= 15 is 0 Å². The first-order valence-electron chi connectivity index (χ1n) is 9.20. The molecule has 0 aliphatic carbocycles. The molecule has 2 saturated heterocycles. The average Bonchev–Trinajstić information content (AvgIpc) is 3.18. The predicted octanol–water partition coefficient (Wildman–Crippen LogP) is 2.70. The van der Waals surface area contributed by atoms with E-state index in [0.29, 0.717) is 16.6 Å². The molecule has 6 nitrogen and oxygen atoms in total. The molecule has 0 unspecified atom stereocenters. The second-order valence-corrected chi connectivity index (χ2v) is 7.75. The van der Waals surface area contributed by atoms with Gasteiger partial charge >= 0.3 is 0 Å². The van der Waals surface area contributed by atoms with E-state index in [4.69, 9.17) is 4.74 Å². The van der Waals surface area contributed by atoms with Crippen molar-refractivity contribution in [3.63, 3.8) is 0 Å². The van der Waals surface area contributed by atoms with Gasteiger partial charge in [-0.3, -0.25) is 10.1 Å². The van der Waals surface area contributed by atoms with Crippen molar-refractivity contribution in [3.8, 4) is 0 Å². The zero-order valence-electron chi connectivity index (χ0n) is 14.7. The molecule has 0 bridgehead atoms. The van der Waals surface area contributed by atoms with Crippen molar-refractivity contribution in [2.24, 2.45) is 0 Å². The molecule has 7 heteroatoms. The number of rotatable bonds is 4. The second kappa shape index (κ2) is 8.16. The Morgan fingerprint density at radius 2 is 1.92 bits per heavy atom. The number of morpholine rings is 1. The summed E-state index contributed by atoms with van der Waals surface area (Å²) in [6.45, 7) is 5.41. The van der Waals surface area contributed by atoms with Crippen LogP contribution in [-0.4, -0.2) is 50.3 Å². The lowest BCUT2D eigenvalue weighted by atomic mass is 9.97. The van der Waals surface area contributed by atoms with E-state index in [2.05, 4.69) is 20.5 Å². The number of thiazole rings is 1. The Bertz CT molecular complexity index is 734. The number of hydrogen-bond donors (Lipinski definition) is 2. The van der Waals surface area contributed by atoms with Crippen LogP contribution in [0.3, 0.4) is 0 Å². The molecule has 1 amide bonds. The van der Waals surface area contributed by atoms with Gasteiger partial charge in [-0.2, -0.15) is 0 Å². The van der Waals surface area contributed by atoms with Crippen molar-refractivity contribution >= 4 is 28.1 Å². The molecule has 0 atom stereocenters. The number of ether oxygens (including phenoxy) is 1. The van der Waals surface area contributed by atoms with Crippen molar-refractivity contribution in [3.05, 3.63) is 40.9 Å². The van der Waals surface area contributed by atoms with E-state index in [-0.39, 0.29) is 5.91 Å². The molecular weight excluding hydrogens is 348 g/mol. The normalized spacial score (nSPS) is 18.7. The summed E-state index contributed by atoms with van der Waals surface area (Å²) in [5, 5.41) is 6.99. The van der Waals surface area contributed by atoms with Gasteiger partial charge in [-0.05, 0) is 56.1 Å². The minimum Gasteiger partial charge on any atom is -0.378 e. The third-order valence-electron chi connectivity index (χ3n) is 4.99. The van der Waals surface area contributed by atoms with Crippen LogP contribution in [0.4, 0.5) is 10.8 Å².